The highest BCUT2D eigenvalue weighted by atomic mass is 79.9. The minimum Gasteiger partial charge on any atom is -0.480 e. The lowest BCUT2D eigenvalue weighted by molar-refractivity contribution is -0.384. The summed E-state index contributed by atoms with van der Waals surface area (Å²) < 4.78 is 13.6. The smallest absolute Gasteiger partial charge is 0.323 e. The van der Waals surface area contributed by atoms with E-state index in [1.165, 1.54) is 11.0 Å². The van der Waals surface area contributed by atoms with Crippen molar-refractivity contribution < 1.29 is 19.2 Å². The highest BCUT2D eigenvalue weighted by Gasteiger charge is 2.30. The molecule has 0 unspecified atom stereocenters. The molecule has 0 aliphatic heterocycles. The highest BCUT2D eigenvalue weighted by molar-refractivity contribution is 9.10. The van der Waals surface area contributed by atoms with Crippen LogP contribution in [0.5, 0.6) is 0 Å². The minimum atomic E-state index is -1.07. The van der Waals surface area contributed by atoms with Crippen molar-refractivity contribution in [3.8, 4) is 0 Å². The first-order chi connectivity index (χ1) is 9.90. The van der Waals surface area contributed by atoms with Crippen LogP contribution < -0.4 is 4.90 Å². The van der Waals surface area contributed by atoms with Gasteiger partial charge < -0.3 is 10.0 Å². The summed E-state index contributed by atoms with van der Waals surface area (Å²) in [6.07, 6.45) is 3.47. The van der Waals surface area contributed by atoms with E-state index in [0.29, 0.717) is 0 Å². The lowest BCUT2D eigenvalue weighted by Gasteiger charge is -2.29. The standard InChI is InChI=1S/C13H14BrFN2O4/c14-9-5-11(12(17(20)21)6-10(9)15)16(7-13(18)19)8-3-1-2-4-8/h5-6,8H,1-4,7H2,(H,18,19). The first-order valence-electron chi connectivity index (χ1n) is 6.52. The number of carbonyl (C=O) groups is 1. The summed E-state index contributed by atoms with van der Waals surface area (Å²) in [6.45, 7) is -0.344. The second-order valence-electron chi connectivity index (χ2n) is 4.97. The summed E-state index contributed by atoms with van der Waals surface area (Å²) in [7, 11) is 0. The van der Waals surface area contributed by atoms with Gasteiger partial charge in [-0.2, -0.15) is 0 Å². The molecule has 1 fully saturated rings. The van der Waals surface area contributed by atoms with Crippen LogP contribution in [0.3, 0.4) is 0 Å². The predicted octanol–water partition coefficient (Wildman–Crippen LogP) is 3.33. The largest absolute Gasteiger partial charge is 0.480 e. The van der Waals surface area contributed by atoms with E-state index in [2.05, 4.69) is 15.9 Å². The van der Waals surface area contributed by atoms with Gasteiger partial charge in [0.1, 0.15) is 18.0 Å². The van der Waals surface area contributed by atoms with Crippen molar-refractivity contribution in [3.63, 3.8) is 0 Å². The number of carboxylic acid groups (broad SMARTS) is 1. The minimum absolute atomic E-state index is 0.0721. The summed E-state index contributed by atoms with van der Waals surface area (Å²) in [5.74, 6) is -1.82. The maximum Gasteiger partial charge on any atom is 0.323 e. The number of hydrogen-bond donors (Lipinski definition) is 1. The molecule has 6 nitrogen and oxygen atoms in total. The molecule has 1 aromatic rings. The van der Waals surface area contributed by atoms with Crippen LogP contribution in [0.15, 0.2) is 16.6 Å². The van der Waals surface area contributed by atoms with Gasteiger partial charge in [-0.3, -0.25) is 14.9 Å². The number of benzene rings is 1. The molecule has 2 rings (SSSR count). The summed E-state index contributed by atoms with van der Waals surface area (Å²) in [4.78, 5) is 23.0. The van der Waals surface area contributed by atoms with Crippen LogP contribution in [-0.4, -0.2) is 28.6 Å². The zero-order chi connectivity index (χ0) is 15.6. The van der Waals surface area contributed by atoms with Gasteiger partial charge in [-0.1, -0.05) is 12.8 Å². The van der Waals surface area contributed by atoms with Crippen molar-refractivity contribution in [2.75, 3.05) is 11.4 Å². The Labute approximate surface area is 128 Å². The molecule has 21 heavy (non-hydrogen) atoms. The fourth-order valence-electron chi connectivity index (χ4n) is 2.67. The molecular weight excluding hydrogens is 347 g/mol. The van der Waals surface area contributed by atoms with Gasteiger partial charge in [-0.15, -0.1) is 0 Å². The zero-order valence-electron chi connectivity index (χ0n) is 11.1. The van der Waals surface area contributed by atoms with Crippen LogP contribution in [-0.2, 0) is 4.79 Å². The number of nitro groups is 1. The van der Waals surface area contributed by atoms with Crippen molar-refractivity contribution in [2.45, 2.75) is 31.7 Å². The average molecular weight is 361 g/mol. The van der Waals surface area contributed by atoms with E-state index in [4.69, 9.17) is 5.11 Å². The molecule has 1 saturated carbocycles. The van der Waals surface area contributed by atoms with E-state index in [0.717, 1.165) is 31.7 Å². The van der Waals surface area contributed by atoms with Gasteiger partial charge in [0.25, 0.3) is 5.69 Å². The Morgan fingerprint density at radius 2 is 2.10 bits per heavy atom. The number of aliphatic carboxylic acids is 1. The fraction of sp³-hybridized carbons (Fsp3) is 0.462. The summed E-state index contributed by atoms with van der Waals surface area (Å²) in [6, 6.07) is 2.04. The van der Waals surface area contributed by atoms with Gasteiger partial charge in [0.2, 0.25) is 0 Å². The van der Waals surface area contributed by atoms with Gasteiger partial charge in [-0.25, -0.2) is 4.39 Å². The Kier molecular flexibility index (Phi) is 4.76. The quantitative estimate of drug-likeness (QED) is 0.643. The number of anilines is 1. The van der Waals surface area contributed by atoms with E-state index < -0.39 is 22.4 Å². The molecule has 0 saturated heterocycles. The molecule has 114 valence electrons. The molecule has 0 aromatic heterocycles. The molecule has 1 aliphatic rings. The lowest BCUT2D eigenvalue weighted by atomic mass is 10.1. The third kappa shape index (κ3) is 3.49. The van der Waals surface area contributed by atoms with E-state index in [9.17, 15) is 19.3 Å². The molecule has 0 spiro atoms. The Balaban J connectivity index is 2.49. The third-order valence-electron chi connectivity index (χ3n) is 3.59. The van der Waals surface area contributed by atoms with Gasteiger partial charge >= 0.3 is 5.97 Å². The van der Waals surface area contributed by atoms with E-state index in [1.54, 1.807) is 0 Å². The Morgan fingerprint density at radius 3 is 2.62 bits per heavy atom. The number of nitro benzene ring substituents is 1. The number of rotatable bonds is 5. The van der Waals surface area contributed by atoms with Gasteiger partial charge in [0.15, 0.2) is 0 Å². The van der Waals surface area contributed by atoms with Crippen LogP contribution in [0.1, 0.15) is 25.7 Å². The van der Waals surface area contributed by atoms with Crippen LogP contribution in [0, 0.1) is 15.9 Å². The molecule has 0 radical (unpaired) electrons. The number of hydrogen-bond acceptors (Lipinski definition) is 4. The van der Waals surface area contributed by atoms with Crippen molar-refractivity contribution in [2.24, 2.45) is 0 Å². The van der Waals surface area contributed by atoms with Crippen LogP contribution in [0.4, 0.5) is 15.8 Å². The van der Waals surface area contributed by atoms with Crippen LogP contribution in [0.25, 0.3) is 0 Å². The third-order valence-corrected chi connectivity index (χ3v) is 4.20. The second kappa shape index (κ2) is 6.38. The molecule has 0 atom stereocenters. The molecule has 8 heteroatoms. The summed E-state index contributed by atoms with van der Waals surface area (Å²) in [5, 5.41) is 20.2. The normalized spacial score (nSPS) is 15.1. The monoisotopic (exact) mass is 360 g/mol. The molecular formula is C13H14BrFN2O4. The second-order valence-corrected chi connectivity index (χ2v) is 5.83. The molecule has 0 bridgehead atoms. The van der Waals surface area contributed by atoms with Crippen LogP contribution >= 0.6 is 15.9 Å². The highest BCUT2D eigenvalue weighted by Crippen LogP contribution is 2.37. The Bertz CT molecular complexity index is 576. The number of nitrogens with zero attached hydrogens (tertiary/aromatic N) is 2. The maximum atomic E-state index is 13.5. The Hall–Kier alpha value is -1.70. The average Bonchev–Trinajstić information content (AvgIpc) is 2.92. The van der Waals surface area contributed by atoms with E-state index in [1.807, 2.05) is 0 Å². The topological polar surface area (TPSA) is 83.7 Å². The van der Waals surface area contributed by atoms with Gasteiger partial charge in [0, 0.05) is 6.04 Å². The molecule has 0 amide bonds. The van der Waals surface area contributed by atoms with Crippen molar-refractivity contribution in [1.29, 1.82) is 0 Å². The number of halogens is 2. The van der Waals surface area contributed by atoms with Crippen LogP contribution in [0.2, 0.25) is 0 Å². The van der Waals surface area contributed by atoms with Crippen molar-refractivity contribution >= 4 is 33.3 Å². The summed E-state index contributed by atoms with van der Waals surface area (Å²) in [5.41, 5.74) is -0.272. The van der Waals surface area contributed by atoms with Crippen molar-refractivity contribution in [3.05, 3.63) is 32.5 Å². The van der Waals surface area contributed by atoms with Gasteiger partial charge in [0.05, 0.1) is 15.5 Å². The molecule has 0 heterocycles. The zero-order valence-corrected chi connectivity index (χ0v) is 12.7. The molecule has 1 N–H and O–H groups in total. The first-order valence-corrected chi connectivity index (χ1v) is 7.31. The molecule has 1 aromatic carbocycles. The predicted molar refractivity (Wildman–Crippen MR) is 78.0 cm³/mol. The fourth-order valence-corrected chi connectivity index (χ4v) is 3.01. The van der Waals surface area contributed by atoms with Crippen molar-refractivity contribution in [1.82, 2.24) is 0 Å². The number of carboxylic acids is 1. The van der Waals surface area contributed by atoms with E-state index in [-0.39, 0.29) is 22.7 Å². The maximum absolute atomic E-state index is 13.5. The molecule has 1 aliphatic carbocycles. The Morgan fingerprint density at radius 1 is 1.48 bits per heavy atom. The van der Waals surface area contributed by atoms with Gasteiger partial charge in [-0.05, 0) is 34.8 Å². The van der Waals surface area contributed by atoms with E-state index >= 15 is 0 Å². The summed E-state index contributed by atoms with van der Waals surface area (Å²) >= 11 is 3.00. The lowest BCUT2D eigenvalue weighted by Crippen LogP contribution is -2.38. The first kappa shape index (κ1) is 15.7. The SMILES string of the molecule is O=C(O)CN(c1cc(Br)c(F)cc1[N+](=O)[O-])C1CCCC1.